The molecule has 0 radical (unpaired) electrons. The molecule has 110 valence electrons. The predicted octanol–water partition coefficient (Wildman–Crippen LogP) is 3.48. The number of aromatic nitrogens is 1. The Morgan fingerprint density at radius 2 is 2.14 bits per heavy atom. The summed E-state index contributed by atoms with van der Waals surface area (Å²) in [5, 5.41) is 4.17. The zero-order chi connectivity index (χ0) is 15.1. The molecule has 3 rings (SSSR count). The zero-order valence-electron chi connectivity index (χ0n) is 11.7. The van der Waals surface area contributed by atoms with Crippen LogP contribution in [0.3, 0.4) is 0 Å². The summed E-state index contributed by atoms with van der Waals surface area (Å²) >= 11 is 4.83. The Balaban J connectivity index is 2.06. The molecule has 0 spiro atoms. The van der Waals surface area contributed by atoms with Crippen molar-refractivity contribution in [2.45, 2.75) is 30.6 Å². The van der Waals surface area contributed by atoms with Crippen molar-refractivity contribution in [3.8, 4) is 0 Å². The third-order valence-corrected chi connectivity index (χ3v) is 5.21. The van der Waals surface area contributed by atoms with E-state index in [0.29, 0.717) is 38.3 Å². The highest BCUT2D eigenvalue weighted by atomic mass is 35.5. The van der Waals surface area contributed by atoms with E-state index in [2.05, 4.69) is 5.16 Å². The molecule has 2 aromatic rings. The van der Waals surface area contributed by atoms with Crippen molar-refractivity contribution >= 4 is 28.6 Å². The van der Waals surface area contributed by atoms with Crippen LogP contribution in [0.4, 0.5) is 0 Å². The van der Waals surface area contributed by atoms with Crippen molar-refractivity contribution in [2.24, 2.45) is 0 Å². The lowest BCUT2D eigenvalue weighted by Crippen LogP contribution is -2.10. The van der Waals surface area contributed by atoms with Gasteiger partial charge in [-0.15, -0.1) is 0 Å². The van der Waals surface area contributed by atoms with Crippen LogP contribution < -0.4 is 0 Å². The van der Waals surface area contributed by atoms with Crippen molar-refractivity contribution in [3.05, 3.63) is 45.8 Å². The number of hydrogen-bond donors (Lipinski definition) is 0. The summed E-state index contributed by atoms with van der Waals surface area (Å²) in [4.78, 5) is 13.2. The fourth-order valence-electron chi connectivity index (χ4n) is 2.46. The summed E-state index contributed by atoms with van der Waals surface area (Å²) in [5.41, 5.74) is 1.64. The standard InChI is InChI=1S/C15H14ClNO3S/c1-8-10(5-6-12(16)15(8)21(2)19)13(18)11-7-17-20-14(11)9-3-4-9/h5-7,9H,3-4H2,1-2H3. The van der Waals surface area contributed by atoms with Crippen LogP contribution in [0, 0.1) is 6.92 Å². The van der Waals surface area contributed by atoms with Crippen LogP contribution in [0.5, 0.6) is 0 Å². The number of hydrogen-bond acceptors (Lipinski definition) is 4. The molecule has 0 N–H and O–H groups in total. The van der Waals surface area contributed by atoms with E-state index < -0.39 is 11.2 Å². The van der Waals surface area contributed by atoms with E-state index >= 15 is 0 Å². The molecule has 21 heavy (non-hydrogen) atoms. The molecular formula is C15H14ClNO3S. The van der Waals surface area contributed by atoms with Crippen molar-refractivity contribution < 1.29 is 13.9 Å². The lowest BCUT2D eigenvalue weighted by Gasteiger charge is -2.12. The average Bonchev–Trinajstić information content (AvgIpc) is 3.15. The highest BCUT2D eigenvalue weighted by Crippen LogP contribution is 2.42. The largest absolute Gasteiger partial charge is 0.612 e. The molecule has 1 heterocycles. The number of benzene rings is 1. The molecule has 1 aromatic carbocycles. The van der Waals surface area contributed by atoms with Gasteiger partial charge in [0, 0.05) is 17.0 Å². The molecule has 1 aliphatic rings. The third-order valence-electron chi connectivity index (χ3n) is 3.68. The first kappa shape index (κ1) is 14.6. The Labute approximate surface area is 130 Å². The number of nitrogens with zero attached hydrogens (tertiary/aromatic N) is 1. The summed E-state index contributed by atoms with van der Waals surface area (Å²) in [6.45, 7) is 1.76. The fourth-order valence-corrected chi connectivity index (χ4v) is 3.88. The van der Waals surface area contributed by atoms with Gasteiger partial charge in [0.25, 0.3) is 0 Å². The number of rotatable bonds is 4. The maximum Gasteiger partial charge on any atom is 0.198 e. The number of ketones is 1. The van der Waals surface area contributed by atoms with Crippen LogP contribution in [-0.2, 0) is 11.2 Å². The smallest absolute Gasteiger partial charge is 0.198 e. The summed E-state index contributed by atoms with van der Waals surface area (Å²) in [7, 11) is 0. The van der Waals surface area contributed by atoms with E-state index in [0.717, 1.165) is 12.8 Å². The molecule has 0 bridgehead atoms. The fraction of sp³-hybridized carbons (Fsp3) is 0.333. The van der Waals surface area contributed by atoms with Crippen molar-refractivity contribution in [2.75, 3.05) is 6.26 Å². The van der Waals surface area contributed by atoms with Gasteiger partial charge in [0.1, 0.15) is 6.26 Å². The SMILES string of the molecule is Cc1c(C(=O)c2cnoc2C2CC2)ccc(Cl)c1[S+](C)[O-]. The molecule has 0 aliphatic heterocycles. The van der Waals surface area contributed by atoms with Crippen LogP contribution in [0.15, 0.2) is 27.7 Å². The van der Waals surface area contributed by atoms with Crippen LogP contribution in [0.25, 0.3) is 0 Å². The molecule has 1 unspecified atom stereocenters. The third kappa shape index (κ3) is 2.61. The second-order valence-electron chi connectivity index (χ2n) is 5.21. The Morgan fingerprint density at radius 1 is 1.43 bits per heavy atom. The van der Waals surface area contributed by atoms with Gasteiger partial charge in [0.2, 0.25) is 0 Å². The minimum Gasteiger partial charge on any atom is -0.612 e. The first-order chi connectivity index (χ1) is 10.0. The molecule has 0 amide bonds. The number of halogens is 1. The summed E-state index contributed by atoms with van der Waals surface area (Å²) in [6, 6.07) is 3.28. The van der Waals surface area contributed by atoms with E-state index in [1.54, 1.807) is 25.3 Å². The van der Waals surface area contributed by atoms with Crippen LogP contribution in [-0.4, -0.2) is 21.7 Å². The minimum atomic E-state index is -1.25. The van der Waals surface area contributed by atoms with Crippen molar-refractivity contribution in [3.63, 3.8) is 0 Å². The van der Waals surface area contributed by atoms with E-state index in [9.17, 15) is 9.35 Å². The van der Waals surface area contributed by atoms with Gasteiger partial charge in [-0.05, 0) is 43.1 Å². The van der Waals surface area contributed by atoms with E-state index in [1.807, 2.05) is 0 Å². The van der Waals surface area contributed by atoms with Gasteiger partial charge in [-0.3, -0.25) is 4.79 Å². The summed E-state index contributed by atoms with van der Waals surface area (Å²) < 4.78 is 17.0. The first-order valence-corrected chi connectivity index (χ1v) is 8.56. The van der Waals surface area contributed by atoms with E-state index in [-0.39, 0.29) is 5.78 Å². The summed E-state index contributed by atoms with van der Waals surface area (Å²) in [6.07, 6.45) is 5.07. The normalized spacial score (nSPS) is 16.0. The quantitative estimate of drug-likeness (QED) is 0.638. The van der Waals surface area contributed by atoms with Gasteiger partial charge in [-0.2, -0.15) is 0 Å². The Hall–Kier alpha value is -1.30. The maximum atomic E-state index is 12.7. The molecule has 1 fully saturated rings. The first-order valence-electron chi connectivity index (χ1n) is 6.62. The van der Waals surface area contributed by atoms with Gasteiger partial charge in [-0.25, -0.2) is 0 Å². The molecule has 0 saturated heterocycles. The maximum absolute atomic E-state index is 12.7. The van der Waals surface area contributed by atoms with Crippen LogP contribution in [0.1, 0.15) is 46.0 Å². The molecule has 4 nitrogen and oxygen atoms in total. The highest BCUT2D eigenvalue weighted by Gasteiger charge is 2.33. The van der Waals surface area contributed by atoms with E-state index in [1.165, 1.54) is 6.20 Å². The molecular weight excluding hydrogens is 310 g/mol. The molecule has 1 aromatic heterocycles. The predicted molar refractivity (Wildman–Crippen MR) is 80.4 cm³/mol. The average molecular weight is 324 g/mol. The second kappa shape index (κ2) is 5.48. The Morgan fingerprint density at radius 3 is 2.76 bits per heavy atom. The van der Waals surface area contributed by atoms with E-state index in [4.69, 9.17) is 16.1 Å². The lowest BCUT2D eigenvalue weighted by molar-refractivity contribution is 0.103. The zero-order valence-corrected chi connectivity index (χ0v) is 13.3. The number of carbonyl (C=O) groups excluding carboxylic acids is 1. The van der Waals surface area contributed by atoms with Gasteiger partial charge in [0.15, 0.2) is 16.4 Å². The van der Waals surface area contributed by atoms with Crippen LogP contribution >= 0.6 is 11.6 Å². The minimum absolute atomic E-state index is 0.154. The molecule has 1 aliphatic carbocycles. The summed E-state index contributed by atoms with van der Waals surface area (Å²) in [5.74, 6) is 0.811. The topological polar surface area (TPSA) is 66.2 Å². The monoisotopic (exact) mass is 323 g/mol. The molecule has 6 heteroatoms. The molecule has 1 atom stereocenters. The van der Waals surface area contributed by atoms with Crippen molar-refractivity contribution in [1.29, 1.82) is 0 Å². The van der Waals surface area contributed by atoms with Crippen LogP contribution in [0.2, 0.25) is 5.02 Å². The lowest BCUT2D eigenvalue weighted by atomic mass is 9.98. The Bertz CT molecular complexity index is 707. The van der Waals surface area contributed by atoms with Gasteiger partial charge in [0.05, 0.1) is 16.8 Å². The van der Waals surface area contributed by atoms with Gasteiger partial charge >= 0.3 is 0 Å². The molecule has 1 saturated carbocycles. The van der Waals surface area contributed by atoms with Gasteiger partial charge in [-0.1, -0.05) is 16.8 Å². The van der Waals surface area contributed by atoms with Crippen molar-refractivity contribution in [1.82, 2.24) is 5.16 Å². The number of carbonyl (C=O) groups is 1. The van der Waals surface area contributed by atoms with Gasteiger partial charge < -0.3 is 9.08 Å². The second-order valence-corrected chi connectivity index (χ2v) is 6.93. The highest BCUT2D eigenvalue weighted by molar-refractivity contribution is 7.90. The Kier molecular flexibility index (Phi) is 3.82.